The van der Waals surface area contributed by atoms with Gasteiger partial charge in [-0.25, -0.2) is 0 Å². The first-order valence-corrected chi connectivity index (χ1v) is 8.55. The topological polar surface area (TPSA) is 55.1 Å². The number of hydrogen-bond donors (Lipinski definition) is 1. The van der Waals surface area contributed by atoms with Gasteiger partial charge in [-0.05, 0) is 43.2 Å². The quantitative estimate of drug-likeness (QED) is 0.875. The molecule has 24 heavy (non-hydrogen) atoms. The molecular weight excluding hydrogens is 300 g/mol. The van der Waals surface area contributed by atoms with E-state index in [1.807, 2.05) is 13.8 Å². The van der Waals surface area contributed by atoms with Crippen molar-refractivity contribution in [2.45, 2.75) is 59.3 Å². The second-order valence-corrected chi connectivity index (χ2v) is 7.35. The Balaban J connectivity index is 1.75. The van der Waals surface area contributed by atoms with E-state index in [1.165, 1.54) is 11.1 Å². The second-order valence-electron chi connectivity index (χ2n) is 7.35. The highest BCUT2D eigenvalue weighted by Crippen LogP contribution is 2.22. The largest absolute Gasteiger partial charge is 0.361 e. The number of nitrogens with one attached hydrogen (secondary N) is 1. The molecule has 0 aliphatic heterocycles. The highest BCUT2D eigenvalue weighted by Gasteiger charge is 2.13. The molecular formula is C20H28N2O2. The van der Waals surface area contributed by atoms with E-state index in [0.717, 1.165) is 29.9 Å². The van der Waals surface area contributed by atoms with E-state index in [9.17, 15) is 4.79 Å². The van der Waals surface area contributed by atoms with Crippen molar-refractivity contribution in [3.8, 4) is 0 Å². The molecule has 1 N–H and O–H groups in total. The fraction of sp³-hybridized carbons (Fsp3) is 0.500. The summed E-state index contributed by atoms with van der Waals surface area (Å²) in [4.78, 5) is 12.0. The molecule has 130 valence electrons. The SMILES string of the molecule is Cc1noc(C)c1CCNC(=O)CCc1ccc(C(C)(C)C)cc1. The first-order valence-electron chi connectivity index (χ1n) is 8.55. The fourth-order valence-electron chi connectivity index (χ4n) is 2.70. The van der Waals surface area contributed by atoms with Crippen LogP contribution in [0.2, 0.25) is 0 Å². The molecule has 0 atom stereocenters. The van der Waals surface area contributed by atoms with Crippen LogP contribution >= 0.6 is 0 Å². The lowest BCUT2D eigenvalue weighted by Gasteiger charge is -2.19. The maximum absolute atomic E-state index is 12.0. The van der Waals surface area contributed by atoms with Gasteiger partial charge in [0.15, 0.2) is 0 Å². The zero-order chi connectivity index (χ0) is 17.7. The lowest BCUT2D eigenvalue weighted by atomic mass is 9.86. The van der Waals surface area contributed by atoms with Gasteiger partial charge in [0.2, 0.25) is 5.91 Å². The van der Waals surface area contributed by atoms with E-state index in [1.54, 1.807) is 0 Å². The Bertz CT molecular complexity index is 659. The van der Waals surface area contributed by atoms with Crippen molar-refractivity contribution in [1.29, 1.82) is 0 Å². The van der Waals surface area contributed by atoms with Crippen LogP contribution in [0.1, 0.15) is 55.3 Å². The molecule has 0 saturated carbocycles. The van der Waals surface area contributed by atoms with Crippen LogP contribution in [0, 0.1) is 13.8 Å². The van der Waals surface area contributed by atoms with Gasteiger partial charge in [-0.1, -0.05) is 50.2 Å². The van der Waals surface area contributed by atoms with Crippen LogP contribution in [-0.2, 0) is 23.1 Å². The van der Waals surface area contributed by atoms with E-state index in [0.29, 0.717) is 13.0 Å². The van der Waals surface area contributed by atoms with Crippen LogP contribution in [0.15, 0.2) is 28.8 Å². The number of hydrogen-bond acceptors (Lipinski definition) is 3. The van der Waals surface area contributed by atoms with Gasteiger partial charge < -0.3 is 9.84 Å². The maximum Gasteiger partial charge on any atom is 0.220 e. The number of carbonyl (C=O) groups is 1. The first kappa shape index (κ1) is 18.2. The van der Waals surface area contributed by atoms with Gasteiger partial charge in [0.05, 0.1) is 5.69 Å². The molecule has 0 fully saturated rings. The van der Waals surface area contributed by atoms with Gasteiger partial charge in [0, 0.05) is 18.5 Å². The van der Waals surface area contributed by atoms with Crippen molar-refractivity contribution in [3.63, 3.8) is 0 Å². The van der Waals surface area contributed by atoms with Crippen LogP contribution in [0.4, 0.5) is 0 Å². The summed E-state index contributed by atoms with van der Waals surface area (Å²) in [7, 11) is 0. The lowest BCUT2D eigenvalue weighted by Crippen LogP contribution is -2.26. The fourth-order valence-corrected chi connectivity index (χ4v) is 2.70. The summed E-state index contributed by atoms with van der Waals surface area (Å²) < 4.78 is 5.13. The van der Waals surface area contributed by atoms with E-state index >= 15 is 0 Å². The van der Waals surface area contributed by atoms with Gasteiger partial charge in [-0.15, -0.1) is 0 Å². The summed E-state index contributed by atoms with van der Waals surface area (Å²) in [6.45, 7) is 11.1. The van der Waals surface area contributed by atoms with Crippen molar-refractivity contribution >= 4 is 5.91 Å². The summed E-state index contributed by atoms with van der Waals surface area (Å²) in [6, 6.07) is 8.56. The minimum absolute atomic E-state index is 0.0849. The van der Waals surface area contributed by atoms with Gasteiger partial charge in [-0.3, -0.25) is 4.79 Å². The molecule has 0 aliphatic rings. The third kappa shape index (κ3) is 4.95. The van der Waals surface area contributed by atoms with Crippen LogP contribution in [0.5, 0.6) is 0 Å². The smallest absolute Gasteiger partial charge is 0.220 e. The molecule has 0 saturated heterocycles. The van der Waals surface area contributed by atoms with Crippen LogP contribution in [0.3, 0.4) is 0 Å². The van der Waals surface area contributed by atoms with Crippen LogP contribution < -0.4 is 5.32 Å². The predicted octanol–water partition coefficient (Wildman–Crippen LogP) is 3.88. The lowest BCUT2D eigenvalue weighted by molar-refractivity contribution is -0.121. The Hall–Kier alpha value is -2.10. The van der Waals surface area contributed by atoms with Crippen molar-refractivity contribution in [2.24, 2.45) is 0 Å². The van der Waals surface area contributed by atoms with E-state index in [4.69, 9.17) is 4.52 Å². The van der Waals surface area contributed by atoms with Crippen molar-refractivity contribution < 1.29 is 9.32 Å². The Morgan fingerprint density at radius 3 is 2.33 bits per heavy atom. The van der Waals surface area contributed by atoms with Crippen molar-refractivity contribution in [3.05, 3.63) is 52.4 Å². The zero-order valence-corrected chi connectivity index (χ0v) is 15.4. The van der Waals surface area contributed by atoms with Crippen molar-refractivity contribution in [1.82, 2.24) is 10.5 Å². The Kier molecular flexibility index (Phi) is 5.81. The van der Waals surface area contributed by atoms with Crippen LogP contribution in [0.25, 0.3) is 0 Å². The highest BCUT2D eigenvalue weighted by molar-refractivity contribution is 5.76. The molecule has 1 aromatic heterocycles. The van der Waals surface area contributed by atoms with E-state index < -0.39 is 0 Å². The Morgan fingerprint density at radius 2 is 1.79 bits per heavy atom. The van der Waals surface area contributed by atoms with Gasteiger partial charge in [-0.2, -0.15) is 0 Å². The van der Waals surface area contributed by atoms with E-state index in [-0.39, 0.29) is 11.3 Å². The molecule has 4 heteroatoms. The third-order valence-corrected chi connectivity index (χ3v) is 4.34. The zero-order valence-electron chi connectivity index (χ0n) is 15.4. The molecule has 1 heterocycles. The summed E-state index contributed by atoms with van der Waals surface area (Å²) in [5.74, 6) is 0.919. The minimum atomic E-state index is 0.0849. The van der Waals surface area contributed by atoms with E-state index in [2.05, 4.69) is 55.5 Å². The monoisotopic (exact) mass is 328 g/mol. The van der Waals surface area contributed by atoms with Crippen molar-refractivity contribution in [2.75, 3.05) is 6.54 Å². The molecule has 0 unspecified atom stereocenters. The summed E-state index contributed by atoms with van der Waals surface area (Å²) >= 11 is 0. The number of carbonyl (C=O) groups excluding carboxylic acids is 1. The number of benzene rings is 1. The molecule has 0 aliphatic carbocycles. The molecule has 0 spiro atoms. The number of nitrogens with zero attached hydrogens (tertiary/aromatic N) is 1. The Morgan fingerprint density at radius 1 is 1.12 bits per heavy atom. The first-order chi connectivity index (χ1) is 11.3. The number of rotatable bonds is 6. The predicted molar refractivity (Wildman–Crippen MR) is 96.2 cm³/mol. The average Bonchev–Trinajstić information content (AvgIpc) is 2.84. The van der Waals surface area contributed by atoms with Gasteiger partial charge in [0.1, 0.15) is 5.76 Å². The standard InChI is InChI=1S/C20H28N2O2/c1-14-18(15(2)24-22-14)12-13-21-19(23)11-8-16-6-9-17(10-7-16)20(3,4)5/h6-7,9-10H,8,11-13H2,1-5H3,(H,21,23). The average molecular weight is 328 g/mol. The van der Waals surface area contributed by atoms with Gasteiger partial charge >= 0.3 is 0 Å². The highest BCUT2D eigenvalue weighted by atomic mass is 16.5. The summed E-state index contributed by atoms with van der Waals surface area (Å²) in [6.07, 6.45) is 2.03. The maximum atomic E-state index is 12.0. The minimum Gasteiger partial charge on any atom is -0.361 e. The Labute approximate surface area is 144 Å². The summed E-state index contributed by atoms with van der Waals surface area (Å²) in [5, 5.41) is 6.90. The number of aryl methyl sites for hydroxylation is 3. The molecule has 2 rings (SSSR count). The molecule has 1 aromatic carbocycles. The van der Waals surface area contributed by atoms with Gasteiger partial charge in [0.25, 0.3) is 0 Å². The normalized spacial score (nSPS) is 11.5. The molecule has 0 radical (unpaired) electrons. The summed E-state index contributed by atoms with van der Waals surface area (Å²) in [5.41, 5.74) is 4.67. The molecule has 0 bridgehead atoms. The van der Waals surface area contributed by atoms with Crippen LogP contribution in [-0.4, -0.2) is 17.6 Å². The number of aromatic nitrogens is 1. The number of amides is 1. The molecule has 4 nitrogen and oxygen atoms in total. The molecule has 1 amide bonds. The second kappa shape index (κ2) is 7.65. The molecule has 2 aromatic rings. The third-order valence-electron chi connectivity index (χ3n) is 4.34.